The van der Waals surface area contributed by atoms with Crippen molar-refractivity contribution in [2.45, 2.75) is 37.0 Å². The molecule has 1 saturated heterocycles. The Balaban J connectivity index is 1.47. The summed E-state index contributed by atoms with van der Waals surface area (Å²) in [5.74, 6) is -0.242. The molecule has 0 aromatic carbocycles. The van der Waals surface area contributed by atoms with Crippen LogP contribution in [-0.2, 0) is 10.0 Å². The summed E-state index contributed by atoms with van der Waals surface area (Å²) in [6.45, 7) is 0.897. The lowest BCUT2D eigenvalue weighted by Gasteiger charge is -2.32. The Labute approximate surface area is 139 Å². The predicted molar refractivity (Wildman–Crippen MR) is 87.0 cm³/mol. The molecule has 1 aliphatic heterocycles. The molecule has 0 unspecified atom stereocenters. The second kappa shape index (κ2) is 5.82. The monoisotopic (exact) mass is 349 g/mol. The number of sulfonamides is 1. The van der Waals surface area contributed by atoms with Gasteiger partial charge < -0.3 is 5.32 Å². The van der Waals surface area contributed by atoms with Crippen molar-refractivity contribution >= 4 is 21.4 Å². The van der Waals surface area contributed by atoms with Crippen LogP contribution in [0.4, 0.5) is 0 Å². The van der Waals surface area contributed by atoms with Crippen LogP contribution in [0.25, 0.3) is 5.52 Å². The first-order valence-corrected chi connectivity index (χ1v) is 9.65. The lowest BCUT2D eigenvalue weighted by atomic mass is 10.1. The highest BCUT2D eigenvalue weighted by Crippen LogP contribution is 2.32. The second-order valence-electron chi connectivity index (χ2n) is 6.37. The van der Waals surface area contributed by atoms with Gasteiger partial charge in [-0.2, -0.15) is 19.1 Å². The maximum Gasteiger partial charge on any atom is 0.255 e. The van der Waals surface area contributed by atoms with E-state index in [1.807, 2.05) is 0 Å². The molecule has 1 atom stereocenters. The fourth-order valence-corrected chi connectivity index (χ4v) is 5.06. The third-order valence-electron chi connectivity index (χ3n) is 4.57. The summed E-state index contributed by atoms with van der Waals surface area (Å²) < 4.78 is 27.7. The third kappa shape index (κ3) is 2.78. The molecule has 1 N–H and O–H groups in total. The molecule has 4 rings (SSSR count). The Bertz CT molecular complexity index is 874. The maximum absolute atomic E-state index is 12.5. The number of fused-ring (bicyclic) bond motifs is 1. The molecular weight excluding hydrogens is 330 g/mol. The van der Waals surface area contributed by atoms with E-state index in [4.69, 9.17) is 0 Å². The van der Waals surface area contributed by atoms with Crippen LogP contribution in [0.15, 0.2) is 24.5 Å². The van der Waals surface area contributed by atoms with Crippen LogP contribution in [0, 0.1) is 0 Å². The molecule has 2 aromatic rings. The molecule has 0 radical (unpaired) electrons. The molecule has 3 heterocycles. The molecule has 128 valence electrons. The molecule has 24 heavy (non-hydrogen) atoms. The first kappa shape index (κ1) is 15.5. The van der Waals surface area contributed by atoms with Gasteiger partial charge in [0.05, 0.1) is 17.0 Å². The number of nitrogens with zero attached hydrogens (tertiary/aromatic N) is 4. The normalized spacial score (nSPS) is 22.6. The summed E-state index contributed by atoms with van der Waals surface area (Å²) in [5, 5.41) is 10.8. The van der Waals surface area contributed by atoms with Crippen molar-refractivity contribution in [3.8, 4) is 0 Å². The number of carbonyl (C=O) groups is 1. The van der Waals surface area contributed by atoms with Gasteiger partial charge in [0.15, 0.2) is 0 Å². The van der Waals surface area contributed by atoms with E-state index >= 15 is 0 Å². The lowest BCUT2D eigenvalue weighted by molar-refractivity contribution is 0.0923. The number of piperidine rings is 1. The van der Waals surface area contributed by atoms with Crippen molar-refractivity contribution in [1.82, 2.24) is 24.4 Å². The van der Waals surface area contributed by atoms with Gasteiger partial charge in [0.25, 0.3) is 5.91 Å². The fourth-order valence-electron chi connectivity index (χ4n) is 3.14. The van der Waals surface area contributed by atoms with E-state index in [-0.39, 0.29) is 17.2 Å². The zero-order valence-corrected chi connectivity index (χ0v) is 13.9. The van der Waals surface area contributed by atoms with Crippen molar-refractivity contribution in [1.29, 1.82) is 0 Å². The van der Waals surface area contributed by atoms with Gasteiger partial charge >= 0.3 is 0 Å². The van der Waals surface area contributed by atoms with Gasteiger partial charge in [0.1, 0.15) is 5.52 Å². The Morgan fingerprint density at radius 2 is 2.08 bits per heavy atom. The number of aromatic nitrogens is 3. The summed E-state index contributed by atoms with van der Waals surface area (Å²) in [5.41, 5.74) is 1.08. The molecule has 1 saturated carbocycles. The van der Waals surface area contributed by atoms with Gasteiger partial charge in [-0.15, -0.1) is 0 Å². The summed E-state index contributed by atoms with van der Waals surface area (Å²) in [6, 6.07) is 3.35. The third-order valence-corrected chi connectivity index (χ3v) is 6.94. The molecule has 0 bridgehead atoms. The Morgan fingerprint density at radius 3 is 2.88 bits per heavy atom. The molecular formula is C15H19N5O3S. The van der Waals surface area contributed by atoms with Crippen LogP contribution in [0.3, 0.4) is 0 Å². The summed E-state index contributed by atoms with van der Waals surface area (Å²) in [6.07, 6.45) is 6.13. The molecule has 1 amide bonds. The van der Waals surface area contributed by atoms with Crippen molar-refractivity contribution in [2.24, 2.45) is 0 Å². The zero-order valence-electron chi connectivity index (χ0n) is 13.1. The summed E-state index contributed by atoms with van der Waals surface area (Å²) in [7, 11) is -3.19. The van der Waals surface area contributed by atoms with Crippen LogP contribution in [-0.4, -0.2) is 57.8 Å². The van der Waals surface area contributed by atoms with E-state index in [0.717, 1.165) is 25.7 Å². The lowest BCUT2D eigenvalue weighted by Crippen LogP contribution is -2.50. The van der Waals surface area contributed by atoms with Crippen LogP contribution in [0.2, 0.25) is 0 Å². The van der Waals surface area contributed by atoms with E-state index in [9.17, 15) is 13.2 Å². The highest BCUT2D eigenvalue weighted by molar-refractivity contribution is 7.90. The van der Waals surface area contributed by atoms with E-state index < -0.39 is 10.0 Å². The minimum Gasteiger partial charge on any atom is -0.348 e. The maximum atomic E-state index is 12.5. The molecule has 0 spiro atoms. The van der Waals surface area contributed by atoms with Crippen LogP contribution < -0.4 is 5.32 Å². The number of amides is 1. The van der Waals surface area contributed by atoms with E-state index in [0.29, 0.717) is 24.2 Å². The Kier molecular flexibility index (Phi) is 3.76. The van der Waals surface area contributed by atoms with E-state index in [2.05, 4.69) is 15.5 Å². The topological polar surface area (TPSA) is 96.7 Å². The summed E-state index contributed by atoms with van der Waals surface area (Å²) >= 11 is 0. The standard InChI is InChI=1S/C15H19N5O3S/c21-15(13-9-17-20-14(13)4-1-7-16-20)18-11-3-2-8-19(10-11)24(22,23)12-5-6-12/h1,4,7,9,11-12H,2-3,5-6,8,10H2,(H,18,21)/t11-/m1/s1. The van der Waals surface area contributed by atoms with Crippen molar-refractivity contribution < 1.29 is 13.2 Å². The Morgan fingerprint density at radius 1 is 1.25 bits per heavy atom. The summed E-state index contributed by atoms with van der Waals surface area (Å²) in [4.78, 5) is 12.5. The molecule has 8 nitrogen and oxygen atoms in total. The molecule has 2 aromatic heterocycles. The first-order chi connectivity index (χ1) is 11.6. The zero-order chi connectivity index (χ0) is 16.7. The van der Waals surface area contributed by atoms with E-state index in [1.165, 1.54) is 15.1 Å². The smallest absolute Gasteiger partial charge is 0.255 e. The van der Waals surface area contributed by atoms with Crippen LogP contribution in [0.1, 0.15) is 36.0 Å². The van der Waals surface area contributed by atoms with Gasteiger partial charge in [0, 0.05) is 25.3 Å². The van der Waals surface area contributed by atoms with Crippen molar-refractivity contribution in [3.05, 3.63) is 30.1 Å². The highest BCUT2D eigenvalue weighted by atomic mass is 32.2. The van der Waals surface area contributed by atoms with Gasteiger partial charge in [-0.3, -0.25) is 4.79 Å². The predicted octanol–water partition coefficient (Wildman–Crippen LogP) is 0.416. The number of carbonyl (C=O) groups excluding carboxylic acids is 1. The number of hydrogen-bond acceptors (Lipinski definition) is 5. The first-order valence-electron chi connectivity index (χ1n) is 8.14. The van der Waals surface area contributed by atoms with Gasteiger partial charge in [-0.05, 0) is 37.8 Å². The largest absolute Gasteiger partial charge is 0.348 e. The quantitative estimate of drug-likeness (QED) is 0.863. The molecule has 2 aliphatic rings. The van der Waals surface area contributed by atoms with Gasteiger partial charge in [-0.25, -0.2) is 8.42 Å². The van der Waals surface area contributed by atoms with Gasteiger partial charge in [0.2, 0.25) is 10.0 Å². The van der Waals surface area contributed by atoms with Gasteiger partial charge in [-0.1, -0.05) is 0 Å². The van der Waals surface area contributed by atoms with E-state index in [1.54, 1.807) is 18.3 Å². The van der Waals surface area contributed by atoms with Crippen molar-refractivity contribution in [3.63, 3.8) is 0 Å². The minimum absolute atomic E-state index is 0.175. The molecule has 2 fully saturated rings. The average Bonchev–Trinajstić information content (AvgIpc) is 3.35. The SMILES string of the molecule is O=C(N[C@@H]1CCCN(S(=O)(=O)C2CC2)C1)c1cnn2ncccc12. The Hall–Kier alpha value is -2.00. The highest BCUT2D eigenvalue weighted by Gasteiger charge is 2.41. The second-order valence-corrected chi connectivity index (χ2v) is 8.58. The minimum atomic E-state index is -3.19. The number of rotatable bonds is 4. The average molecular weight is 349 g/mol. The van der Waals surface area contributed by atoms with Crippen molar-refractivity contribution in [2.75, 3.05) is 13.1 Å². The number of hydrogen-bond donors (Lipinski definition) is 1. The van der Waals surface area contributed by atoms with Crippen LogP contribution >= 0.6 is 0 Å². The molecule has 9 heteroatoms. The fraction of sp³-hybridized carbons (Fsp3) is 0.533. The number of nitrogens with one attached hydrogen (secondary N) is 1. The molecule has 1 aliphatic carbocycles. The van der Waals surface area contributed by atoms with Crippen LogP contribution in [0.5, 0.6) is 0 Å².